The smallest absolute Gasteiger partial charge is 0.336 e. The van der Waals surface area contributed by atoms with Crippen molar-refractivity contribution in [2.75, 3.05) is 7.11 Å². The van der Waals surface area contributed by atoms with E-state index in [1.54, 1.807) is 20.8 Å². The molecule has 0 aromatic heterocycles. The number of ether oxygens (including phenoxy) is 1. The number of amides is 2. The molecular formula is C14H18N2O5. The van der Waals surface area contributed by atoms with E-state index in [2.05, 4.69) is 0 Å². The van der Waals surface area contributed by atoms with Crippen molar-refractivity contribution in [2.45, 2.75) is 26.2 Å². The zero-order chi connectivity index (χ0) is 16.5. The number of benzene rings is 1. The molecule has 0 unspecified atom stereocenters. The lowest BCUT2D eigenvalue weighted by Gasteiger charge is -2.25. The van der Waals surface area contributed by atoms with Crippen LogP contribution in [0.5, 0.6) is 5.75 Å². The van der Waals surface area contributed by atoms with E-state index in [0.29, 0.717) is 0 Å². The molecule has 0 radical (unpaired) electrons. The number of carbonyl (C=O) groups excluding carboxylic acids is 2. The van der Waals surface area contributed by atoms with Crippen molar-refractivity contribution in [3.8, 4) is 5.75 Å². The third kappa shape index (κ3) is 2.96. The van der Waals surface area contributed by atoms with Crippen molar-refractivity contribution in [3.63, 3.8) is 0 Å². The van der Waals surface area contributed by atoms with E-state index in [9.17, 15) is 19.5 Å². The average Bonchev–Trinajstić information content (AvgIpc) is 2.34. The summed E-state index contributed by atoms with van der Waals surface area (Å²) in [7, 11) is 1.20. The number of carbonyl (C=O) groups is 3. The summed E-state index contributed by atoms with van der Waals surface area (Å²) in [5, 5.41) is 9.43. The molecule has 1 rings (SSSR count). The highest BCUT2D eigenvalue weighted by Crippen LogP contribution is 2.36. The first kappa shape index (κ1) is 16.5. The average molecular weight is 294 g/mol. The van der Waals surface area contributed by atoms with E-state index in [1.807, 2.05) is 0 Å². The molecule has 2 amide bonds. The Balaban J connectivity index is 4.04. The monoisotopic (exact) mass is 294 g/mol. The Bertz CT molecular complexity index is 629. The van der Waals surface area contributed by atoms with Crippen LogP contribution in [0, 0.1) is 0 Å². The Morgan fingerprint density at radius 2 is 1.62 bits per heavy atom. The highest BCUT2D eigenvalue weighted by atomic mass is 16.5. The molecule has 5 N–H and O–H groups in total. The number of carboxylic acid groups (broad SMARTS) is 1. The molecule has 0 aliphatic rings. The molecule has 7 heteroatoms. The highest BCUT2D eigenvalue weighted by Gasteiger charge is 2.32. The van der Waals surface area contributed by atoms with Crippen LogP contribution >= 0.6 is 0 Å². The van der Waals surface area contributed by atoms with E-state index >= 15 is 0 Å². The molecule has 0 fully saturated rings. The normalized spacial score (nSPS) is 11.0. The van der Waals surface area contributed by atoms with Crippen molar-refractivity contribution >= 4 is 17.8 Å². The number of aromatic carboxylic acids is 1. The van der Waals surface area contributed by atoms with Gasteiger partial charge in [-0.1, -0.05) is 20.8 Å². The van der Waals surface area contributed by atoms with Crippen molar-refractivity contribution in [1.82, 2.24) is 0 Å². The minimum atomic E-state index is -1.33. The van der Waals surface area contributed by atoms with Crippen LogP contribution in [0.25, 0.3) is 0 Å². The van der Waals surface area contributed by atoms with Gasteiger partial charge in [0.15, 0.2) is 0 Å². The maximum absolute atomic E-state index is 11.7. The van der Waals surface area contributed by atoms with Gasteiger partial charge in [-0.25, -0.2) is 4.79 Å². The lowest BCUT2D eigenvalue weighted by Crippen LogP contribution is -2.26. The van der Waals surface area contributed by atoms with E-state index in [1.165, 1.54) is 13.2 Å². The molecule has 1 aromatic rings. The van der Waals surface area contributed by atoms with Crippen LogP contribution in [0.1, 0.15) is 57.4 Å². The van der Waals surface area contributed by atoms with Crippen molar-refractivity contribution in [2.24, 2.45) is 11.5 Å². The molecular weight excluding hydrogens is 276 g/mol. The fourth-order valence-electron chi connectivity index (χ4n) is 2.11. The molecule has 0 heterocycles. The zero-order valence-electron chi connectivity index (χ0n) is 12.3. The minimum absolute atomic E-state index is 0.0822. The third-order valence-electron chi connectivity index (χ3n) is 3.02. The second-order valence-corrected chi connectivity index (χ2v) is 5.54. The van der Waals surface area contributed by atoms with Gasteiger partial charge in [0.05, 0.1) is 23.8 Å². The largest absolute Gasteiger partial charge is 0.495 e. The molecule has 0 aliphatic carbocycles. The summed E-state index contributed by atoms with van der Waals surface area (Å²) in [5.74, 6) is -3.39. The van der Waals surface area contributed by atoms with Gasteiger partial charge in [0, 0.05) is 0 Å². The molecule has 1 aromatic carbocycles. The van der Waals surface area contributed by atoms with Gasteiger partial charge in [-0.15, -0.1) is 0 Å². The maximum Gasteiger partial charge on any atom is 0.336 e. The predicted molar refractivity (Wildman–Crippen MR) is 75.7 cm³/mol. The molecule has 0 spiro atoms. The Labute approximate surface area is 121 Å². The number of primary amides is 2. The molecule has 21 heavy (non-hydrogen) atoms. The van der Waals surface area contributed by atoms with Gasteiger partial charge < -0.3 is 21.3 Å². The van der Waals surface area contributed by atoms with Gasteiger partial charge in [-0.3, -0.25) is 9.59 Å². The van der Waals surface area contributed by atoms with Gasteiger partial charge in [0.1, 0.15) is 5.75 Å². The van der Waals surface area contributed by atoms with Crippen LogP contribution < -0.4 is 16.2 Å². The predicted octanol–water partition coefficient (Wildman–Crippen LogP) is 0.889. The minimum Gasteiger partial charge on any atom is -0.495 e. The standard InChI is InChI=1S/C14H18N2O5/c1-14(2,3)7-5-6(11(15)17)10(21-4)9(12(16)18)8(7)13(19)20/h5H,1-4H3,(H2,15,17)(H2,16,18)(H,19,20). The topological polar surface area (TPSA) is 133 Å². The molecule has 114 valence electrons. The van der Waals surface area contributed by atoms with Crippen LogP contribution in [0.4, 0.5) is 0 Å². The van der Waals surface area contributed by atoms with Crippen LogP contribution in [0.2, 0.25) is 0 Å². The van der Waals surface area contributed by atoms with Crippen LogP contribution in [0.3, 0.4) is 0 Å². The van der Waals surface area contributed by atoms with E-state index in [0.717, 1.165) is 0 Å². The third-order valence-corrected chi connectivity index (χ3v) is 3.02. The summed E-state index contributed by atoms with van der Waals surface area (Å²) in [6, 6.07) is 1.33. The zero-order valence-corrected chi connectivity index (χ0v) is 12.3. The van der Waals surface area contributed by atoms with Gasteiger partial charge >= 0.3 is 5.97 Å². The Morgan fingerprint density at radius 3 is 1.90 bits per heavy atom. The fraction of sp³-hybridized carbons (Fsp3) is 0.357. The summed E-state index contributed by atoms with van der Waals surface area (Å²) in [6.45, 7) is 5.24. The summed E-state index contributed by atoms with van der Waals surface area (Å²) < 4.78 is 4.99. The number of hydrogen-bond donors (Lipinski definition) is 3. The molecule has 0 atom stereocenters. The Morgan fingerprint density at radius 1 is 1.10 bits per heavy atom. The summed E-state index contributed by atoms with van der Waals surface area (Å²) in [6.07, 6.45) is 0. The van der Waals surface area contributed by atoms with E-state index in [-0.39, 0.29) is 28.0 Å². The lowest BCUT2D eigenvalue weighted by molar-refractivity contribution is 0.0687. The number of nitrogens with two attached hydrogens (primary N) is 2. The first-order valence-electron chi connectivity index (χ1n) is 6.10. The van der Waals surface area contributed by atoms with Gasteiger partial charge in [-0.05, 0) is 17.0 Å². The maximum atomic E-state index is 11.7. The lowest BCUT2D eigenvalue weighted by atomic mass is 9.80. The molecule has 0 saturated carbocycles. The second kappa shape index (κ2) is 5.43. The molecule has 7 nitrogen and oxygen atoms in total. The summed E-state index contributed by atoms with van der Waals surface area (Å²) >= 11 is 0. The van der Waals surface area contributed by atoms with Crippen LogP contribution in [0.15, 0.2) is 6.07 Å². The number of rotatable bonds is 4. The number of methoxy groups -OCH3 is 1. The summed E-state index contributed by atoms with van der Waals surface area (Å²) in [4.78, 5) is 34.8. The summed E-state index contributed by atoms with van der Waals surface area (Å²) in [5.41, 5.74) is 9.47. The first-order chi connectivity index (χ1) is 9.52. The van der Waals surface area contributed by atoms with Crippen molar-refractivity contribution in [1.29, 1.82) is 0 Å². The Kier molecular flexibility index (Phi) is 4.26. The van der Waals surface area contributed by atoms with Gasteiger partial charge in [-0.2, -0.15) is 0 Å². The van der Waals surface area contributed by atoms with E-state index < -0.39 is 23.2 Å². The molecule has 0 saturated heterocycles. The SMILES string of the molecule is COc1c(C(N)=O)cc(C(C)(C)C)c(C(=O)O)c1C(N)=O. The quantitative estimate of drug-likeness (QED) is 0.758. The number of carboxylic acids is 1. The first-order valence-corrected chi connectivity index (χ1v) is 6.10. The highest BCUT2D eigenvalue weighted by molar-refractivity contribution is 6.11. The van der Waals surface area contributed by atoms with Crippen LogP contribution in [-0.4, -0.2) is 30.0 Å². The van der Waals surface area contributed by atoms with Crippen LogP contribution in [-0.2, 0) is 5.41 Å². The van der Waals surface area contributed by atoms with Gasteiger partial charge in [0.2, 0.25) is 0 Å². The molecule has 0 bridgehead atoms. The van der Waals surface area contributed by atoms with Crippen molar-refractivity contribution in [3.05, 3.63) is 28.3 Å². The number of hydrogen-bond acceptors (Lipinski definition) is 4. The second-order valence-electron chi connectivity index (χ2n) is 5.54. The molecule has 0 aliphatic heterocycles. The van der Waals surface area contributed by atoms with E-state index in [4.69, 9.17) is 16.2 Å². The van der Waals surface area contributed by atoms with Gasteiger partial charge in [0.25, 0.3) is 11.8 Å². The Hall–Kier alpha value is -2.57. The van der Waals surface area contributed by atoms with Crippen molar-refractivity contribution < 1.29 is 24.2 Å². The fourth-order valence-corrected chi connectivity index (χ4v) is 2.11.